The molecule has 0 spiro atoms. The van der Waals surface area contributed by atoms with Crippen LogP contribution in [-0.4, -0.2) is 41.5 Å². The number of nitrogens with zero attached hydrogens (tertiary/aromatic N) is 2. The Labute approximate surface area is 227 Å². The second-order valence-electron chi connectivity index (χ2n) is 8.87. The number of aliphatic hydroxyl groups excluding tert-OH is 1. The summed E-state index contributed by atoms with van der Waals surface area (Å²) in [5.41, 5.74) is 2.10. The van der Waals surface area contributed by atoms with Crippen molar-refractivity contribution in [1.82, 2.24) is 4.98 Å². The minimum Gasteiger partial charge on any atom is -0.503 e. The quantitative estimate of drug-likeness (QED) is 0.172. The van der Waals surface area contributed by atoms with Gasteiger partial charge in [-0.15, -0.1) is 0 Å². The fourth-order valence-electron chi connectivity index (χ4n) is 4.42. The molecule has 2 aromatic carbocycles. The van der Waals surface area contributed by atoms with Crippen molar-refractivity contribution in [2.75, 3.05) is 18.6 Å². The second-order valence-corrected chi connectivity index (χ2v) is 9.84. The molecule has 9 nitrogen and oxygen atoms in total. The van der Waals surface area contributed by atoms with Crippen molar-refractivity contribution in [2.45, 2.75) is 19.9 Å². The third-order valence-electron chi connectivity index (χ3n) is 6.31. The van der Waals surface area contributed by atoms with Gasteiger partial charge in [-0.05, 0) is 31.5 Å². The van der Waals surface area contributed by atoms with Gasteiger partial charge >= 0.3 is 5.97 Å². The summed E-state index contributed by atoms with van der Waals surface area (Å²) >= 11 is 0.937. The molecule has 0 radical (unpaired) electrons. The van der Waals surface area contributed by atoms with Gasteiger partial charge in [0.15, 0.2) is 28.0 Å². The van der Waals surface area contributed by atoms with Crippen molar-refractivity contribution in [2.24, 2.45) is 0 Å². The number of hydrogen-bond acceptors (Lipinski definition) is 9. The lowest BCUT2D eigenvalue weighted by Gasteiger charge is -2.24. The maximum absolute atomic E-state index is 13.9. The SMILES string of the molecule is C=CCOC(=O)c1sc(N2C(=O)C(O)=C(C(=O)c3cc4cccc(OC)c4o3)C2c2ccc(C)cc2)nc1C. The highest BCUT2D eigenvalue weighted by Crippen LogP contribution is 2.44. The van der Waals surface area contributed by atoms with E-state index < -0.39 is 29.5 Å². The molecule has 198 valence electrons. The number of benzene rings is 2. The number of rotatable bonds is 8. The molecule has 0 aliphatic carbocycles. The Morgan fingerprint density at radius 2 is 1.95 bits per heavy atom. The number of thiazole rings is 1. The van der Waals surface area contributed by atoms with Crippen LogP contribution in [0.3, 0.4) is 0 Å². The zero-order valence-corrected chi connectivity index (χ0v) is 22.2. The predicted octanol–water partition coefficient (Wildman–Crippen LogP) is 5.64. The number of aromatic nitrogens is 1. The summed E-state index contributed by atoms with van der Waals surface area (Å²) in [7, 11) is 1.49. The molecule has 10 heteroatoms. The van der Waals surface area contributed by atoms with Crippen LogP contribution in [-0.2, 0) is 9.53 Å². The third-order valence-corrected chi connectivity index (χ3v) is 7.44. The van der Waals surface area contributed by atoms with E-state index in [-0.39, 0.29) is 27.9 Å². The smallest absolute Gasteiger partial charge is 0.350 e. The van der Waals surface area contributed by atoms with Gasteiger partial charge in [0.1, 0.15) is 11.5 Å². The zero-order chi connectivity index (χ0) is 27.8. The summed E-state index contributed by atoms with van der Waals surface area (Å²) in [6.07, 6.45) is 1.44. The van der Waals surface area contributed by atoms with Crippen molar-refractivity contribution >= 4 is 45.1 Å². The number of aliphatic hydroxyl groups is 1. The summed E-state index contributed by atoms with van der Waals surface area (Å²) in [6.45, 7) is 7.08. The van der Waals surface area contributed by atoms with E-state index in [2.05, 4.69) is 11.6 Å². The summed E-state index contributed by atoms with van der Waals surface area (Å²) in [5.74, 6) is -2.44. The standard InChI is InChI=1S/C29H24N2O7S/c1-5-13-37-28(35)26-16(3)30-29(39-26)31-22(17-11-9-15(2)10-12-17)21(24(33)27(31)34)23(32)20-14-18-7-6-8-19(36-4)25(18)38-20/h5-12,14,22,33H,1,13H2,2-4H3. The number of Topliss-reactive ketones (excluding diaryl/α,β-unsaturated/α-hetero) is 1. The van der Waals surface area contributed by atoms with E-state index >= 15 is 0 Å². The van der Waals surface area contributed by atoms with Gasteiger partial charge in [-0.1, -0.05) is 66.0 Å². The maximum atomic E-state index is 13.9. The molecule has 0 saturated heterocycles. The number of fused-ring (bicyclic) bond motifs is 1. The van der Waals surface area contributed by atoms with Crippen LogP contribution in [0.1, 0.15) is 43.1 Å². The van der Waals surface area contributed by atoms with Gasteiger partial charge in [0, 0.05) is 5.39 Å². The number of carbonyl (C=O) groups is 3. The van der Waals surface area contributed by atoms with Crippen molar-refractivity contribution in [3.63, 3.8) is 0 Å². The molecule has 1 aliphatic heterocycles. The first-order chi connectivity index (χ1) is 18.7. The number of para-hydroxylation sites is 1. The topological polar surface area (TPSA) is 119 Å². The maximum Gasteiger partial charge on any atom is 0.350 e. The largest absolute Gasteiger partial charge is 0.503 e. The zero-order valence-electron chi connectivity index (χ0n) is 21.4. The van der Waals surface area contributed by atoms with Crippen LogP contribution >= 0.6 is 11.3 Å². The monoisotopic (exact) mass is 544 g/mol. The molecule has 2 aromatic heterocycles. The van der Waals surface area contributed by atoms with Crippen LogP contribution in [0.15, 0.2) is 76.9 Å². The Morgan fingerprint density at radius 1 is 1.21 bits per heavy atom. The van der Waals surface area contributed by atoms with Crippen LogP contribution in [0.25, 0.3) is 11.0 Å². The molecular weight excluding hydrogens is 520 g/mol. The Balaban J connectivity index is 1.62. The Morgan fingerprint density at radius 3 is 2.64 bits per heavy atom. The average Bonchev–Trinajstić information content (AvgIpc) is 3.61. The number of anilines is 1. The number of furan rings is 1. The van der Waals surface area contributed by atoms with Gasteiger partial charge in [-0.25, -0.2) is 9.78 Å². The number of hydrogen-bond donors (Lipinski definition) is 1. The molecule has 1 atom stereocenters. The highest BCUT2D eigenvalue weighted by atomic mass is 32.1. The van der Waals surface area contributed by atoms with Crippen molar-refractivity contribution in [3.8, 4) is 5.75 Å². The first kappa shape index (κ1) is 25.9. The Bertz CT molecular complexity index is 1660. The molecule has 0 bridgehead atoms. The van der Waals surface area contributed by atoms with Crippen LogP contribution in [0.4, 0.5) is 5.13 Å². The van der Waals surface area contributed by atoms with E-state index in [9.17, 15) is 19.5 Å². The minimum absolute atomic E-state index is 0.0173. The Kier molecular flexibility index (Phi) is 6.80. The number of aryl methyl sites for hydroxylation is 2. The lowest BCUT2D eigenvalue weighted by atomic mass is 9.94. The van der Waals surface area contributed by atoms with E-state index in [0.717, 1.165) is 16.9 Å². The van der Waals surface area contributed by atoms with Gasteiger partial charge in [0.2, 0.25) is 5.78 Å². The molecular formula is C29H24N2O7S. The molecule has 0 fully saturated rings. The molecule has 4 aromatic rings. The molecule has 3 heterocycles. The fraction of sp³-hybridized carbons (Fsp3) is 0.172. The summed E-state index contributed by atoms with van der Waals surface area (Å²) in [4.78, 5) is 45.8. The van der Waals surface area contributed by atoms with E-state index in [0.29, 0.717) is 28.0 Å². The molecule has 1 amide bonds. The highest BCUT2D eigenvalue weighted by molar-refractivity contribution is 7.17. The van der Waals surface area contributed by atoms with Crippen LogP contribution < -0.4 is 9.64 Å². The van der Waals surface area contributed by atoms with Crippen molar-refractivity contribution < 1.29 is 33.4 Å². The molecule has 0 saturated carbocycles. The molecule has 5 rings (SSSR count). The van der Waals surface area contributed by atoms with Crippen LogP contribution in [0.5, 0.6) is 5.75 Å². The van der Waals surface area contributed by atoms with E-state index in [1.807, 2.05) is 19.1 Å². The normalized spacial score (nSPS) is 15.2. The number of methoxy groups -OCH3 is 1. The highest BCUT2D eigenvalue weighted by Gasteiger charge is 2.47. The van der Waals surface area contributed by atoms with E-state index in [1.54, 1.807) is 43.3 Å². The predicted molar refractivity (Wildman–Crippen MR) is 145 cm³/mol. The summed E-state index contributed by atoms with van der Waals surface area (Å²) in [5, 5.41) is 11.8. The number of esters is 1. The lowest BCUT2D eigenvalue weighted by Crippen LogP contribution is -2.31. The summed E-state index contributed by atoms with van der Waals surface area (Å²) in [6, 6.07) is 13.0. The van der Waals surface area contributed by atoms with E-state index in [4.69, 9.17) is 13.9 Å². The third kappa shape index (κ3) is 4.48. The molecule has 39 heavy (non-hydrogen) atoms. The van der Waals surface area contributed by atoms with Gasteiger partial charge in [-0.2, -0.15) is 0 Å². The van der Waals surface area contributed by atoms with Gasteiger partial charge in [-0.3, -0.25) is 14.5 Å². The number of amides is 1. The van der Waals surface area contributed by atoms with Crippen molar-refractivity contribution in [3.05, 3.63) is 100.0 Å². The first-order valence-electron chi connectivity index (χ1n) is 11.9. The Hall–Kier alpha value is -4.70. The molecule has 1 aliphatic rings. The van der Waals surface area contributed by atoms with Crippen LogP contribution in [0, 0.1) is 13.8 Å². The second kappa shape index (κ2) is 10.2. The number of ether oxygens (including phenoxy) is 2. The van der Waals surface area contributed by atoms with Gasteiger partial charge < -0.3 is 19.0 Å². The first-order valence-corrected chi connectivity index (χ1v) is 12.8. The van der Waals surface area contributed by atoms with Crippen LogP contribution in [0.2, 0.25) is 0 Å². The lowest BCUT2D eigenvalue weighted by molar-refractivity contribution is -0.117. The number of carbonyl (C=O) groups excluding carboxylic acids is 3. The van der Waals surface area contributed by atoms with E-state index in [1.165, 1.54) is 18.1 Å². The fourth-order valence-corrected chi connectivity index (χ4v) is 5.40. The van der Waals surface area contributed by atoms with Gasteiger partial charge in [0.25, 0.3) is 5.91 Å². The molecule has 1 N–H and O–H groups in total. The van der Waals surface area contributed by atoms with Crippen molar-refractivity contribution in [1.29, 1.82) is 0 Å². The summed E-state index contributed by atoms with van der Waals surface area (Å²) < 4.78 is 16.3. The average molecular weight is 545 g/mol. The minimum atomic E-state index is -1.02. The molecule has 1 unspecified atom stereocenters. The number of ketones is 1. The van der Waals surface area contributed by atoms with Gasteiger partial charge in [0.05, 0.1) is 24.4 Å².